The van der Waals surface area contributed by atoms with Crippen molar-refractivity contribution < 1.29 is 9.21 Å². The van der Waals surface area contributed by atoms with Crippen LogP contribution in [0.3, 0.4) is 0 Å². The second-order valence-electron chi connectivity index (χ2n) is 6.86. The smallest absolute Gasteiger partial charge is 0.264 e. The molecule has 4 aromatic heterocycles. The number of nitrogens with zero attached hydrogens (tertiary/aromatic N) is 5. The van der Waals surface area contributed by atoms with E-state index in [-0.39, 0.29) is 5.91 Å². The Bertz CT molecular complexity index is 1290. The van der Waals surface area contributed by atoms with Crippen molar-refractivity contribution in [2.45, 2.75) is 20.0 Å². The Morgan fingerprint density at radius 2 is 2.10 bits per heavy atom. The molecule has 5 aromatic rings. The number of hydrogen-bond donors (Lipinski definition) is 0. The predicted octanol–water partition coefficient (Wildman–Crippen LogP) is 4.08. The summed E-state index contributed by atoms with van der Waals surface area (Å²) in [7, 11) is 0. The van der Waals surface area contributed by atoms with Crippen LogP contribution in [0.25, 0.3) is 16.6 Å². The molecule has 0 saturated heterocycles. The number of carbonyl (C=O) groups is 1. The molecule has 0 N–H and O–H groups in total. The van der Waals surface area contributed by atoms with Gasteiger partial charge in [-0.15, -0.1) is 16.4 Å². The van der Waals surface area contributed by atoms with Crippen LogP contribution < -0.4 is 0 Å². The normalized spacial score (nSPS) is 11.3. The van der Waals surface area contributed by atoms with Crippen molar-refractivity contribution in [2.75, 3.05) is 0 Å². The average Bonchev–Trinajstić information content (AvgIpc) is 3.48. The van der Waals surface area contributed by atoms with E-state index in [1.807, 2.05) is 48.7 Å². The summed E-state index contributed by atoms with van der Waals surface area (Å²) in [4.78, 5) is 15.6. The van der Waals surface area contributed by atoms with Gasteiger partial charge in [0.15, 0.2) is 5.65 Å². The zero-order valence-electron chi connectivity index (χ0n) is 15.6. The van der Waals surface area contributed by atoms with Crippen LogP contribution in [-0.4, -0.2) is 30.8 Å². The van der Waals surface area contributed by atoms with Gasteiger partial charge in [0, 0.05) is 10.9 Å². The Morgan fingerprint density at radius 3 is 2.90 bits per heavy atom. The lowest BCUT2D eigenvalue weighted by molar-refractivity contribution is 0.0723. The molecular formula is C21H17N5O2S. The number of aromatic nitrogens is 4. The second-order valence-corrected chi connectivity index (χ2v) is 7.81. The third kappa shape index (κ3) is 3.27. The minimum Gasteiger partial charge on any atom is -0.467 e. The van der Waals surface area contributed by atoms with Gasteiger partial charge in [0.05, 0.1) is 29.7 Å². The first-order valence-corrected chi connectivity index (χ1v) is 10.0. The van der Waals surface area contributed by atoms with Crippen LogP contribution in [-0.2, 0) is 13.1 Å². The Hall–Kier alpha value is -3.52. The number of carbonyl (C=O) groups excluding carboxylic acids is 1. The van der Waals surface area contributed by atoms with Gasteiger partial charge in [-0.3, -0.25) is 4.79 Å². The fraction of sp³-hybridized carbons (Fsp3) is 0.143. The summed E-state index contributed by atoms with van der Waals surface area (Å²) in [5.41, 5.74) is 3.61. The maximum Gasteiger partial charge on any atom is 0.264 e. The molecule has 0 aliphatic heterocycles. The molecule has 0 aliphatic carbocycles. The van der Waals surface area contributed by atoms with Crippen molar-refractivity contribution in [3.8, 4) is 0 Å². The van der Waals surface area contributed by atoms with Crippen LogP contribution in [0.4, 0.5) is 0 Å². The predicted molar refractivity (Wildman–Crippen MR) is 110 cm³/mol. The van der Waals surface area contributed by atoms with Gasteiger partial charge in [-0.05, 0) is 59.1 Å². The van der Waals surface area contributed by atoms with Gasteiger partial charge in [-0.25, -0.2) is 0 Å². The number of thiophene rings is 1. The molecule has 0 spiro atoms. The first-order valence-electron chi connectivity index (χ1n) is 9.14. The van der Waals surface area contributed by atoms with Crippen LogP contribution in [0.1, 0.15) is 26.6 Å². The van der Waals surface area contributed by atoms with Gasteiger partial charge in [-0.2, -0.15) is 4.52 Å². The molecule has 29 heavy (non-hydrogen) atoms. The van der Waals surface area contributed by atoms with Crippen LogP contribution >= 0.6 is 11.3 Å². The highest BCUT2D eigenvalue weighted by atomic mass is 32.1. The van der Waals surface area contributed by atoms with Gasteiger partial charge in [0.2, 0.25) is 0 Å². The molecule has 0 bridgehead atoms. The number of amides is 1. The quantitative estimate of drug-likeness (QED) is 0.442. The van der Waals surface area contributed by atoms with Crippen molar-refractivity contribution >= 4 is 33.8 Å². The molecule has 8 heteroatoms. The van der Waals surface area contributed by atoms with Crippen LogP contribution in [0, 0.1) is 6.92 Å². The van der Waals surface area contributed by atoms with E-state index in [1.54, 1.807) is 15.7 Å². The van der Waals surface area contributed by atoms with Crippen molar-refractivity contribution in [1.82, 2.24) is 24.9 Å². The Labute approximate surface area is 170 Å². The molecule has 0 saturated carbocycles. The highest BCUT2D eigenvalue weighted by Gasteiger charge is 2.21. The zero-order valence-corrected chi connectivity index (χ0v) is 16.5. The summed E-state index contributed by atoms with van der Waals surface area (Å²) in [5.74, 6) is 0.675. The van der Waals surface area contributed by atoms with E-state index >= 15 is 0 Å². The van der Waals surface area contributed by atoms with Gasteiger partial charge in [0.1, 0.15) is 5.76 Å². The van der Waals surface area contributed by atoms with Crippen LogP contribution in [0.15, 0.2) is 64.6 Å². The molecule has 0 radical (unpaired) electrons. The highest BCUT2D eigenvalue weighted by Crippen LogP contribution is 2.24. The number of fused-ring (bicyclic) bond motifs is 3. The lowest BCUT2D eigenvalue weighted by Crippen LogP contribution is -2.29. The Morgan fingerprint density at radius 1 is 1.17 bits per heavy atom. The summed E-state index contributed by atoms with van der Waals surface area (Å²) < 4.78 is 7.22. The lowest BCUT2D eigenvalue weighted by atomic mass is 10.1. The molecule has 4 heterocycles. The Balaban J connectivity index is 1.59. The van der Waals surface area contributed by atoms with E-state index in [4.69, 9.17) is 4.42 Å². The molecule has 0 aliphatic rings. The van der Waals surface area contributed by atoms with Crippen molar-refractivity contribution in [3.63, 3.8) is 0 Å². The number of pyridine rings is 1. The topological polar surface area (TPSA) is 76.5 Å². The van der Waals surface area contributed by atoms with Crippen molar-refractivity contribution in [1.29, 1.82) is 0 Å². The lowest BCUT2D eigenvalue weighted by Gasteiger charge is -2.21. The number of tetrazole rings is 1. The number of benzene rings is 1. The standard InChI is InChI=1S/C21H17N5O2S/c1-14-6-7-18-15(10-14)11-16(20-22-23-24-26(18)20)12-25(13-17-4-2-8-28-17)21(27)19-5-3-9-29-19/h2-11H,12-13H2,1H3. The molecular weight excluding hydrogens is 386 g/mol. The molecule has 144 valence electrons. The summed E-state index contributed by atoms with van der Waals surface area (Å²) in [6.45, 7) is 2.78. The van der Waals surface area contributed by atoms with Gasteiger partial charge < -0.3 is 9.32 Å². The number of aryl methyl sites for hydroxylation is 1. The van der Waals surface area contributed by atoms with E-state index in [1.165, 1.54) is 11.3 Å². The van der Waals surface area contributed by atoms with E-state index in [9.17, 15) is 4.79 Å². The SMILES string of the molecule is Cc1ccc2c(c1)cc(CN(Cc1ccco1)C(=O)c1cccs1)c1nnnn12. The first kappa shape index (κ1) is 17.6. The fourth-order valence-corrected chi connectivity index (χ4v) is 4.14. The van der Waals surface area contributed by atoms with E-state index in [2.05, 4.69) is 27.7 Å². The van der Waals surface area contributed by atoms with Crippen LogP contribution in [0.5, 0.6) is 0 Å². The largest absolute Gasteiger partial charge is 0.467 e. The Kier molecular flexibility index (Phi) is 4.33. The molecule has 0 atom stereocenters. The average molecular weight is 403 g/mol. The first-order chi connectivity index (χ1) is 14.2. The van der Waals surface area contributed by atoms with Gasteiger partial charge in [0.25, 0.3) is 5.91 Å². The minimum absolute atomic E-state index is 0.0497. The van der Waals surface area contributed by atoms with E-state index < -0.39 is 0 Å². The van der Waals surface area contributed by atoms with E-state index in [0.717, 1.165) is 27.8 Å². The van der Waals surface area contributed by atoms with Gasteiger partial charge >= 0.3 is 0 Å². The van der Waals surface area contributed by atoms with Crippen LogP contribution in [0.2, 0.25) is 0 Å². The van der Waals surface area contributed by atoms with E-state index in [0.29, 0.717) is 23.6 Å². The van der Waals surface area contributed by atoms with Gasteiger partial charge in [-0.1, -0.05) is 17.7 Å². The summed E-state index contributed by atoms with van der Waals surface area (Å²) in [6, 6.07) is 15.6. The molecule has 0 unspecified atom stereocenters. The summed E-state index contributed by atoms with van der Waals surface area (Å²) in [6.07, 6.45) is 1.61. The number of furan rings is 1. The molecule has 7 nitrogen and oxygen atoms in total. The third-order valence-electron chi connectivity index (χ3n) is 4.80. The maximum absolute atomic E-state index is 13.2. The monoisotopic (exact) mass is 403 g/mol. The third-order valence-corrected chi connectivity index (χ3v) is 5.66. The molecule has 0 fully saturated rings. The minimum atomic E-state index is -0.0497. The molecule has 1 aromatic carbocycles. The fourth-order valence-electron chi connectivity index (χ4n) is 3.45. The molecule has 5 rings (SSSR count). The maximum atomic E-state index is 13.2. The molecule has 1 amide bonds. The number of hydrogen-bond acceptors (Lipinski definition) is 6. The summed E-state index contributed by atoms with van der Waals surface area (Å²) >= 11 is 1.42. The highest BCUT2D eigenvalue weighted by molar-refractivity contribution is 7.12. The second kappa shape index (κ2) is 7.14. The number of rotatable bonds is 5. The van der Waals surface area contributed by atoms with Crippen molar-refractivity contribution in [2.24, 2.45) is 0 Å². The van der Waals surface area contributed by atoms with Crippen molar-refractivity contribution in [3.05, 3.63) is 81.9 Å². The summed E-state index contributed by atoms with van der Waals surface area (Å²) in [5, 5.41) is 15.1. The zero-order chi connectivity index (χ0) is 19.8.